The number of likely N-dealkylation sites (tertiary alicyclic amines) is 1. The van der Waals surface area contributed by atoms with E-state index in [4.69, 9.17) is 12.2 Å². The summed E-state index contributed by atoms with van der Waals surface area (Å²) in [7, 11) is 0. The molecule has 1 aliphatic heterocycles. The molecule has 8 nitrogen and oxygen atoms in total. The second kappa shape index (κ2) is 9.93. The number of nitrogens with zero attached hydrogens (tertiary/aromatic N) is 2. The van der Waals surface area contributed by atoms with Gasteiger partial charge in [-0.2, -0.15) is 0 Å². The van der Waals surface area contributed by atoms with E-state index >= 15 is 0 Å². The van der Waals surface area contributed by atoms with Crippen molar-refractivity contribution in [3.8, 4) is 0 Å². The highest BCUT2D eigenvalue weighted by atomic mass is 32.1. The van der Waals surface area contributed by atoms with Gasteiger partial charge in [0.2, 0.25) is 0 Å². The van der Waals surface area contributed by atoms with Crippen LogP contribution in [0.3, 0.4) is 0 Å². The molecule has 2 amide bonds. The number of amides is 2. The van der Waals surface area contributed by atoms with Crippen molar-refractivity contribution < 1.29 is 14.5 Å². The summed E-state index contributed by atoms with van der Waals surface area (Å²) in [5.41, 5.74) is 1.06. The van der Waals surface area contributed by atoms with Gasteiger partial charge in [0.1, 0.15) is 0 Å². The summed E-state index contributed by atoms with van der Waals surface area (Å²) in [5.74, 6) is -0.583. The van der Waals surface area contributed by atoms with Crippen molar-refractivity contribution in [3.63, 3.8) is 0 Å². The van der Waals surface area contributed by atoms with Gasteiger partial charge in [-0.3, -0.25) is 25.0 Å². The first-order chi connectivity index (χ1) is 14.4. The summed E-state index contributed by atoms with van der Waals surface area (Å²) in [6, 6.07) is 12.3. The molecule has 0 atom stereocenters. The molecule has 30 heavy (non-hydrogen) atoms. The molecule has 2 aromatic carbocycles. The number of carbonyl (C=O) groups is 2. The van der Waals surface area contributed by atoms with E-state index in [9.17, 15) is 19.7 Å². The molecule has 2 aromatic rings. The third-order valence-electron chi connectivity index (χ3n) is 4.81. The van der Waals surface area contributed by atoms with Crippen LogP contribution in [0, 0.1) is 10.1 Å². The Morgan fingerprint density at radius 2 is 1.63 bits per heavy atom. The van der Waals surface area contributed by atoms with Gasteiger partial charge in [0.05, 0.1) is 4.92 Å². The van der Waals surface area contributed by atoms with E-state index in [1.165, 1.54) is 24.3 Å². The molecule has 0 radical (unpaired) electrons. The van der Waals surface area contributed by atoms with Gasteiger partial charge in [0.25, 0.3) is 17.5 Å². The van der Waals surface area contributed by atoms with Gasteiger partial charge in [-0.15, -0.1) is 0 Å². The quantitative estimate of drug-likeness (QED) is 0.438. The van der Waals surface area contributed by atoms with Crippen LogP contribution in [0.1, 0.15) is 46.4 Å². The van der Waals surface area contributed by atoms with Crippen LogP contribution in [0.2, 0.25) is 0 Å². The van der Waals surface area contributed by atoms with Gasteiger partial charge in [-0.25, -0.2) is 0 Å². The highest BCUT2D eigenvalue weighted by Gasteiger charge is 2.18. The lowest BCUT2D eigenvalue weighted by atomic mass is 10.1. The Balaban J connectivity index is 1.63. The Labute approximate surface area is 179 Å². The van der Waals surface area contributed by atoms with Crippen LogP contribution >= 0.6 is 12.2 Å². The average Bonchev–Trinajstić information content (AvgIpc) is 3.03. The molecule has 0 aliphatic carbocycles. The highest BCUT2D eigenvalue weighted by molar-refractivity contribution is 7.80. The second-order valence-electron chi connectivity index (χ2n) is 7.00. The predicted octanol–water partition coefficient (Wildman–Crippen LogP) is 3.74. The van der Waals surface area contributed by atoms with E-state index in [2.05, 4.69) is 10.6 Å². The molecule has 9 heteroatoms. The molecule has 0 spiro atoms. The Bertz CT molecular complexity index is 971. The summed E-state index contributed by atoms with van der Waals surface area (Å²) in [4.78, 5) is 37.3. The third kappa shape index (κ3) is 5.60. The number of thiocarbonyl (C=S) groups is 1. The summed E-state index contributed by atoms with van der Waals surface area (Å²) in [5, 5.41) is 16.3. The lowest BCUT2D eigenvalue weighted by Crippen LogP contribution is -2.34. The molecule has 0 aromatic heterocycles. The smallest absolute Gasteiger partial charge is 0.270 e. The zero-order valence-electron chi connectivity index (χ0n) is 16.3. The minimum atomic E-state index is -0.569. The van der Waals surface area contributed by atoms with Crippen molar-refractivity contribution >= 4 is 40.5 Å². The summed E-state index contributed by atoms with van der Waals surface area (Å²) in [6.45, 7) is 1.52. The van der Waals surface area contributed by atoms with Crippen LogP contribution in [-0.2, 0) is 0 Å². The van der Waals surface area contributed by atoms with Crippen molar-refractivity contribution in [2.45, 2.75) is 25.7 Å². The molecule has 0 bridgehead atoms. The molecule has 0 saturated carbocycles. The fraction of sp³-hybridized carbons (Fsp3) is 0.286. The minimum Gasteiger partial charge on any atom is -0.339 e. The second-order valence-corrected chi connectivity index (χ2v) is 7.41. The van der Waals surface area contributed by atoms with Crippen molar-refractivity contribution in [2.24, 2.45) is 0 Å². The molecule has 0 unspecified atom stereocenters. The topological polar surface area (TPSA) is 105 Å². The van der Waals surface area contributed by atoms with Gasteiger partial charge < -0.3 is 10.2 Å². The fourth-order valence-corrected chi connectivity index (χ4v) is 3.50. The first-order valence-corrected chi connectivity index (χ1v) is 10.1. The molecular formula is C21H22N4O4S. The van der Waals surface area contributed by atoms with E-state index in [0.717, 1.165) is 38.8 Å². The van der Waals surface area contributed by atoms with Gasteiger partial charge in [0.15, 0.2) is 5.11 Å². The molecule has 2 N–H and O–H groups in total. The molecule has 3 rings (SSSR count). The molecule has 1 aliphatic rings. The van der Waals surface area contributed by atoms with Gasteiger partial charge in [-0.1, -0.05) is 25.0 Å². The van der Waals surface area contributed by atoms with E-state index < -0.39 is 10.8 Å². The van der Waals surface area contributed by atoms with E-state index in [1.54, 1.807) is 24.3 Å². The lowest BCUT2D eigenvalue weighted by Gasteiger charge is -2.20. The number of anilines is 1. The lowest BCUT2D eigenvalue weighted by molar-refractivity contribution is -0.384. The van der Waals surface area contributed by atoms with Crippen LogP contribution in [0.15, 0.2) is 48.5 Å². The largest absolute Gasteiger partial charge is 0.339 e. The summed E-state index contributed by atoms with van der Waals surface area (Å²) in [6.07, 6.45) is 4.31. The fourth-order valence-electron chi connectivity index (χ4n) is 3.28. The molecule has 156 valence electrons. The molecule has 1 fully saturated rings. The first-order valence-electron chi connectivity index (χ1n) is 9.70. The molecule has 1 heterocycles. The Morgan fingerprint density at radius 1 is 0.967 bits per heavy atom. The summed E-state index contributed by atoms with van der Waals surface area (Å²) >= 11 is 5.18. The number of hydrogen-bond acceptors (Lipinski definition) is 5. The highest BCUT2D eigenvalue weighted by Crippen LogP contribution is 2.17. The standard InChI is InChI=1S/C21H22N4O4S/c26-19(15-7-6-10-18(14-15)25(28)29)23-21(30)22-17-9-5-8-16(13-17)20(27)24-11-3-1-2-4-12-24/h5-10,13-14H,1-4,11-12H2,(H2,22,23,26,30). The van der Waals surface area contributed by atoms with Crippen molar-refractivity contribution in [1.82, 2.24) is 10.2 Å². The number of nitrogens with one attached hydrogen (secondary N) is 2. The average molecular weight is 426 g/mol. The zero-order chi connectivity index (χ0) is 21.5. The van der Waals surface area contributed by atoms with E-state index in [-0.39, 0.29) is 22.3 Å². The third-order valence-corrected chi connectivity index (χ3v) is 5.01. The van der Waals surface area contributed by atoms with E-state index in [1.807, 2.05) is 4.90 Å². The number of nitro benzene ring substituents is 1. The SMILES string of the molecule is O=C(NC(=S)Nc1cccc(C(=O)N2CCCCCC2)c1)c1cccc([N+](=O)[O-])c1. The number of non-ortho nitro benzene ring substituents is 1. The van der Waals surface area contributed by atoms with Crippen LogP contribution in [0.5, 0.6) is 0 Å². The van der Waals surface area contributed by atoms with Gasteiger partial charge in [-0.05, 0) is 49.3 Å². The Morgan fingerprint density at radius 3 is 2.33 bits per heavy atom. The van der Waals surface area contributed by atoms with Crippen LogP contribution in [0.4, 0.5) is 11.4 Å². The van der Waals surface area contributed by atoms with Crippen LogP contribution in [0.25, 0.3) is 0 Å². The van der Waals surface area contributed by atoms with Crippen molar-refractivity contribution in [3.05, 3.63) is 69.8 Å². The monoisotopic (exact) mass is 426 g/mol. The Hall–Kier alpha value is -3.33. The number of nitro groups is 1. The number of rotatable bonds is 4. The van der Waals surface area contributed by atoms with E-state index in [0.29, 0.717) is 11.3 Å². The minimum absolute atomic E-state index is 0.0212. The number of carbonyl (C=O) groups excluding carboxylic acids is 2. The zero-order valence-corrected chi connectivity index (χ0v) is 17.1. The Kier molecular flexibility index (Phi) is 7.08. The number of benzene rings is 2. The summed E-state index contributed by atoms with van der Waals surface area (Å²) < 4.78 is 0. The van der Waals surface area contributed by atoms with Gasteiger partial charge >= 0.3 is 0 Å². The van der Waals surface area contributed by atoms with Crippen molar-refractivity contribution in [1.29, 1.82) is 0 Å². The molecule has 1 saturated heterocycles. The van der Waals surface area contributed by atoms with Gasteiger partial charge in [0, 0.05) is 42.0 Å². The van der Waals surface area contributed by atoms with Crippen molar-refractivity contribution in [2.75, 3.05) is 18.4 Å². The maximum absolute atomic E-state index is 12.8. The predicted molar refractivity (Wildman–Crippen MR) is 118 cm³/mol. The maximum Gasteiger partial charge on any atom is 0.270 e. The normalized spacial score (nSPS) is 13.8. The van der Waals surface area contributed by atoms with Crippen LogP contribution < -0.4 is 10.6 Å². The number of hydrogen-bond donors (Lipinski definition) is 2. The molecular weight excluding hydrogens is 404 g/mol. The van der Waals surface area contributed by atoms with Crippen LogP contribution in [-0.4, -0.2) is 39.8 Å². The maximum atomic E-state index is 12.8. The first kappa shape index (κ1) is 21.4.